The highest BCUT2D eigenvalue weighted by Crippen LogP contribution is 2.64. The minimum absolute atomic E-state index is 0.451. The molecular formula is C86H55NOSi. The largest absolute Gasteiger partial charge is 0.456 e. The fraction of sp³-hybridized carbons (Fsp3) is 0.0233. The first-order valence-corrected chi connectivity index (χ1v) is 33.0. The van der Waals surface area contributed by atoms with Gasteiger partial charge in [-0.25, -0.2) is 0 Å². The van der Waals surface area contributed by atoms with Crippen LogP contribution in [0.5, 0.6) is 0 Å². The van der Waals surface area contributed by atoms with Crippen molar-refractivity contribution in [1.82, 2.24) is 0 Å². The summed E-state index contributed by atoms with van der Waals surface area (Å²) in [5.74, 6) is 0. The first-order chi connectivity index (χ1) is 44.1. The van der Waals surface area contributed by atoms with Gasteiger partial charge in [-0.05, 0) is 175 Å². The second-order valence-electron chi connectivity index (χ2n) is 24.5. The zero-order chi connectivity index (χ0) is 58.4. The second-order valence-corrected chi connectivity index (χ2v) is 28.2. The van der Waals surface area contributed by atoms with Gasteiger partial charge in [-0.15, -0.1) is 0 Å². The van der Waals surface area contributed by atoms with Gasteiger partial charge in [0.2, 0.25) is 0 Å². The number of hydrogen-bond donors (Lipinski definition) is 0. The summed E-state index contributed by atoms with van der Waals surface area (Å²) in [7, 11) is -2.91. The minimum Gasteiger partial charge on any atom is -0.456 e. The summed E-state index contributed by atoms with van der Waals surface area (Å²) in [6.07, 6.45) is 0. The standard InChI is InChI=1S/C86H55NOSi/c1-4-24-58(25-5-1)85(59-26-6-2-7-27-59)75-37-16-10-33-67(75)69-49-47-62(53-80(69)85)87(61-48-50-79-72(52-61)68-34-13-19-40-78(68)86(79)76-38-17-11-31-65(76)66-32-12-18-39-77(66)86)60-45-43-56(44-46-60)57-23-22-30-64(51-57)89(63-28-8-3-9-29-63)83-42-21-15-36-71(83)74-54-82-73(55-84(74)89)70-35-14-20-41-81(70)88-82/h1-55H. The highest BCUT2D eigenvalue weighted by Gasteiger charge is 2.53. The van der Waals surface area contributed by atoms with Crippen LogP contribution < -0.4 is 25.6 Å². The summed E-state index contributed by atoms with van der Waals surface area (Å²) >= 11 is 0. The number of furan rings is 1. The van der Waals surface area contributed by atoms with E-state index in [1.165, 1.54) is 115 Å². The summed E-state index contributed by atoms with van der Waals surface area (Å²) in [6, 6.07) is 126. The zero-order valence-corrected chi connectivity index (χ0v) is 49.6. The van der Waals surface area contributed by atoms with E-state index in [0.717, 1.165) is 44.6 Å². The normalized spacial score (nSPS) is 15.4. The van der Waals surface area contributed by atoms with Gasteiger partial charge < -0.3 is 9.32 Å². The Labute approximate surface area is 518 Å². The Bertz CT molecular complexity index is 5310. The molecule has 4 aliphatic rings. The Morgan fingerprint density at radius 1 is 0.247 bits per heavy atom. The molecule has 3 heteroatoms. The van der Waals surface area contributed by atoms with Gasteiger partial charge in [0.05, 0.1) is 10.8 Å². The number of para-hydroxylation sites is 1. The molecule has 414 valence electrons. The van der Waals surface area contributed by atoms with Gasteiger partial charge in [-0.3, -0.25) is 0 Å². The van der Waals surface area contributed by atoms with Gasteiger partial charge in [0.25, 0.3) is 0 Å². The molecule has 1 spiro atoms. The van der Waals surface area contributed by atoms with E-state index >= 15 is 0 Å². The molecule has 2 heterocycles. The van der Waals surface area contributed by atoms with Crippen LogP contribution in [0.25, 0.3) is 77.6 Å². The molecule has 0 bridgehead atoms. The van der Waals surface area contributed by atoms with Gasteiger partial charge in [0.1, 0.15) is 11.2 Å². The maximum absolute atomic E-state index is 6.60. The minimum atomic E-state index is -2.91. The van der Waals surface area contributed by atoms with E-state index in [1.54, 1.807) is 0 Å². The van der Waals surface area contributed by atoms with E-state index in [4.69, 9.17) is 4.42 Å². The van der Waals surface area contributed by atoms with Crippen molar-refractivity contribution in [1.29, 1.82) is 0 Å². The van der Waals surface area contributed by atoms with Crippen LogP contribution in [-0.4, -0.2) is 8.07 Å². The lowest BCUT2D eigenvalue weighted by atomic mass is 9.67. The third kappa shape index (κ3) is 6.74. The number of nitrogens with zero attached hydrogens (tertiary/aromatic N) is 1. The number of anilines is 3. The molecule has 1 aromatic heterocycles. The Morgan fingerprint density at radius 3 is 1.40 bits per heavy atom. The van der Waals surface area contributed by atoms with E-state index in [0.29, 0.717) is 0 Å². The first-order valence-electron chi connectivity index (χ1n) is 31.0. The lowest BCUT2D eigenvalue weighted by Gasteiger charge is -2.35. The molecule has 19 rings (SSSR count). The van der Waals surface area contributed by atoms with Crippen LogP contribution in [0.1, 0.15) is 44.5 Å². The Morgan fingerprint density at radius 2 is 0.742 bits per heavy atom. The van der Waals surface area contributed by atoms with Gasteiger partial charge >= 0.3 is 0 Å². The molecule has 14 aromatic carbocycles. The van der Waals surface area contributed by atoms with Crippen molar-refractivity contribution >= 4 is 67.8 Å². The van der Waals surface area contributed by atoms with E-state index < -0.39 is 18.9 Å². The molecule has 0 radical (unpaired) electrons. The molecule has 0 amide bonds. The predicted molar refractivity (Wildman–Crippen MR) is 370 cm³/mol. The van der Waals surface area contributed by atoms with Crippen molar-refractivity contribution in [3.8, 4) is 55.6 Å². The fourth-order valence-electron chi connectivity index (χ4n) is 17.0. The predicted octanol–water partition coefficient (Wildman–Crippen LogP) is 18.8. The third-order valence-corrected chi connectivity index (χ3v) is 25.3. The van der Waals surface area contributed by atoms with Crippen molar-refractivity contribution in [3.05, 3.63) is 378 Å². The SMILES string of the molecule is c1ccc(C2(c3ccccc3)c3ccccc3-c3ccc(N(c4ccc(-c5cccc([Si]6(c7ccccc7)c7ccccc7-c7cc8oc9ccccc9c8cc76)c5)cc4)c4ccc5c(c4)-c4ccccc4C54c5ccccc5-c5ccccc54)cc32)cc1. The maximum atomic E-state index is 6.60. The topological polar surface area (TPSA) is 16.4 Å². The number of fused-ring (bicyclic) bond motifs is 19. The average molecular weight is 1150 g/mol. The molecule has 1 aliphatic heterocycles. The number of rotatable bonds is 8. The van der Waals surface area contributed by atoms with Crippen molar-refractivity contribution in [2.24, 2.45) is 0 Å². The molecule has 0 fully saturated rings. The fourth-order valence-corrected chi connectivity index (χ4v) is 22.2. The van der Waals surface area contributed by atoms with Crippen molar-refractivity contribution < 1.29 is 4.42 Å². The maximum Gasteiger partial charge on any atom is 0.180 e. The van der Waals surface area contributed by atoms with Crippen molar-refractivity contribution in [3.63, 3.8) is 0 Å². The Balaban J connectivity index is 0.809. The molecule has 0 saturated heterocycles. The molecule has 15 aromatic rings. The van der Waals surface area contributed by atoms with E-state index in [-0.39, 0.29) is 0 Å². The molecule has 3 aliphatic carbocycles. The summed E-state index contributed by atoms with van der Waals surface area (Å²) < 4.78 is 6.60. The molecule has 89 heavy (non-hydrogen) atoms. The second kappa shape index (κ2) is 18.9. The highest BCUT2D eigenvalue weighted by molar-refractivity contribution is 7.22. The number of hydrogen-bond acceptors (Lipinski definition) is 2. The third-order valence-electron chi connectivity index (χ3n) is 20.4. The molecule has 2 nitrogen and oxygen atoms in total. The molecule has 1 unspecified atom stereocenters. The van der Waals surface area contributed by atoms with Crippen molar-refractivity contribution in [2.75, 3.05) is 4.90 Å². The van der Waals surface area contributed by atoms with Crippen LogP contribution in [0.15, 0.2) is 338 Å². The van der Waals surface area contributed by atoms with Crippen LogP contribution in [0.2, 0.25) is 0 Å². The summed E-state index contributed by atoms with van der Waals surface area (Å²) in [5, 5.41) is 7.84. The quantitative estimate of drug-likeness (QED) is 0.141. The van der Waals surface area contributed by atoms with E-state index in [9.17, 15) is 0 Å². The van der Waals surface area contributed by atoms with Gasteiger partial charge in [-0.1, -0.05) is 279 Å². The highest BCUT2D eigenvalue weighted by atomic mass is 28.3. The first kappa shape index (κ1) is 50.1. The van der Waals surface area contributed by atoms with Crippen LogP contribution in [0.3, 0.4) is 0 Å². The van der Waals surface area contributed by atoms with Crippen LogP contribution >= 0.6 is 0 Å². The molecule has 0 saturated carbocycles. The lowest BCUT2D eigenvalue weighted by molar-refractivity contribution is 0.669. The van der Waals surface area contributed by atoms with E-state index in [2.05, 4.69) is 339 Å². The number of benzene rings is 14. The van der Waals surface area contributed by atoms with Gasteiger partial charge in [0, 0.05) is 27.8 Å². The Hall–Kier alpha value is -11.1. The Kier molecular flexibility index (Phi) is 10.7. The van der Waals surface area contributed by atoms with Crippen LogP contribution in [0.4, 0.5) is 17.1 Å². The zero-order valence-electron chi connectivity index (χ0n) is 48.6. The van der Waals surface area contributed by atoms with Crippen LogP contribution in [0, 0.1) is 0 Å². The van der Waals surface area contributed by atoms with E-state index in [1.807, 2.05) is 0 Å². The molecular weight excluding hydrogens is 1090 g/mol. The van der Waals surface area contributed by atoms with Crippen molar-refractivity contribution in [2.45, 2.75) is 10.8 Å². The molecule has 0 N–H and O–H groups in total. The summed E-state index contributed by atoms with van der Waals surface area (Å²) in [6.45, 7) is 0. The van der Waals surface area contributed by atoms with Gasteiger partial charge in [-0.2, -0.15) is 0 Å². The monoisotopic (exact) mass is 1150 g/mol. The lowest BCUT2D eigenvalue weighted by Crippen LogP contribution is -2.72. The summed E-state index contributed by atoms with van der Waals surface area (Å²) in [5.41, 5.74) is 27.0. The smallest absolute Gasteiger partial charge is 0.180 e. The average Bonchev–Trinajstić information content (AvgIpc) is 1.56. The van der Waals surface area contributed by atoms with Gasteiger partial charge in [0.15, 0.2) is 8.07 Å². The summed E-state index contributed by atoms with van der Waals surface area (Å²) in [4.78, 5) is 2.51. The molecule has 1 atom stereocenters. The van der Waals surface area contributed by atoms with Crippen LogP contribution in [-0.2, 0) is 10.8 Å².